The van der Waals surface area contributed by atoms with Gasteiger partial charge in [-0.15, -0.1) is 0 Å². The lowest BCUT2D eigenvalue weighted by Gasteiger charge is -2.45. The maximum absolute atomic E-state index is 9.42. The molecule has 7 heteroatoms. The largest absolute Gasteiger partial charge is 0.311 e. The molecule has 18 rings (SSSR count). The molecule has 0 amide bonds. The Kier molecular flexibility index (Phi) is 16.9. The molecule has 2 saturated carbocycles. The third-order valence-electron chi connectivity index (χ3n) is 25.6. The fraction of sp³-hybridized carbons (Fsp3) is 0.333. The van der Waals surface area contributed by atoms with Crippen LogP contribution in [0.5, 0.6) is 0 Å². The molecule has 0 bridgehead atoms. The molecule has 4 aliphatic heterocycles. The zero-order valence-electron chi connectivity index (χ0n) is 81.2. The van der Waals surface area contributed by atoms with Crippen molar-refractivity contribution in [3.63, 3.8) is 0 Å². The molecular weight excluding hydrogens is 1390 g/mol. The van der Waals surface area contributed by atoms with Crippen LogP contribution in [-0.2, 0) is 32.5 Å². The second-order valence-electron chi connectivity index (χ2n) is 39.6. The van der Waals surface area contributed by atoms with Gasteiger partial charge in [-0.2, -0.15) is 0 Å². The molecule has 5 nitrogen and oxygen atoms in total. The summed E-state index contributed by atoms with van der Waals surface area (Å²) in [5, 5.41) is 0. The highest BCUT2D eigenvalue weighted by Gasteiger charge is 2.47. The molecule has 0 radical (unpaired) electrons. The molecular formula is C108H119B2N5. The maximum atomic E-state index is 9.42. The Morgan fingerprint density at radius 1 is 0.270 bits per heavy atom. The molecule has 0 spiro atoms. The first-order valence-electron chi connectivity index (χ1n) is 47.4. The van der Waals surface area contributed by atoms with Crippen molar-refractivity contribution >= 4 is 132 Å². The van der Waals surface area contributed by atoms with Gasteiger partial charge in [-0.1, -0.05) is 303 Å². The van der Waals surface area contributed by atoms with E-state index in [-0.39, 0.29) is 63.0 Å². The van der Waals surface area contributed by atoms with Gasteiger partial charge in [0.05, 0.1) is 19.4 Å². The van der Waals surface area contributed by atoms with E-state index in [4.69, 9.17) is 8.22 Å². The molecule has 6 aliphatic rings. The van der Waals surface area contributed by atoms with Gasteiger partial charge in [-0.05, 0) is 269 Å². The van der Waals surface area contributed by atoms with E-state index in [2.05, 4.69) is 332 Å². The number of hydrogen-bond donors (Lipinski definition) is 0. The van der Waals surface area contributed by atoms with Crippen molar-refractivity contribution < 1.29 is 13.7 Å². The van der Waals surface area contributed by atoms with Crippen LogP contribution >= 0.6 is 0 Å². The molecule has 0 saturated heterocycles. The van der Waals surface area contributed by atoms with Crippen molar-refractivity contribution in [3.05, 3.63) is 305 Å². The lowest BCUT2D eigenvalue weighted by atomic mass is 9.33. The van der Waals surface area contributed by atoms with E-state index in [1.165, 1.54) is 142 Å². The first kappa shape index (κ1) is 66.0. The van der Waals surface area contributed by atoms with E-state index in [1.54, 1.807) is 0 Å². The summed E-state index contributed by atoms with van der Waals surface area (Å²) >= 11 is 0. The Morgan fingerprint density at radius 2 is 0.548 bits per heavy atom. The van der Waals surface area contributed by atoms with E-state index in [9.17, 15) is 5.48 Å². The third-order valence-corrected chi connectivity index (χ3v) is 25.6. The summed E-state index contributed by atoms with van der Waals surface area (Å²) in [6.07, 6.45) is 13.4. The van der Waals surface area contributed by atoms with Gasteiger partial charge < -0.3 is 24.5 Å². The average Bonchev–Trinajstić information content (AvgIpc) is 0.694. The molecule has 582 valence electrons. The Balaban J connectivity index is 0.000000185. The van der Waals surface area contributed by atoms with E-state index < -0.39 is 60.4 Å². The van der Waals surface area contributed by atoms with Crippen molar-refractivity contribution in [1.82, 2.24) is 0 Å². The molecule has 0 N–H and O–H groups in total. The second kappa shape index (κ2) is 29.5. The third kappa shape index (κ3) is 14.6. The maximum Gasteiger partial charge on any atom is 0.252 e. The van der Waals surface area contributed by atoms with Crippen LogP contribution < -0.4 is 57.3 Å². The van der Waals surface area contributed by atoms with Crippen LogP contribution in [0.4, 0.5) is 85.3 Å². The summed E-state index contributed by atoms with van der Waals surface area (Å²) in [4.78, 5) is 10.9. The number of hydrogen-bond acceptors (Lipinski definition) is 5. The van der Waals surface area contributed by atoms with Crippen LogP contribution in [0.2, 0.25) is 0 Å². The predicted octanol–water partition coefficient (Wildman–Crippen LogP) is 26.9. The van der Waals surface area contributed by atoms with E-state index in [0.717, 1.165) is 61.4 Å². The fourth-order valence-electron chi connectivity index (χ4n) is 19.0. The fourth-order valence-corrected chi connectivity index (χ4v) is 19.0. The van der Waals surface area contributed by atoms with Gasteiger partial charge in [0.2, 0.25) is 0 Å². The van der Waals surface area contributed by atoms with E-state index in [1.807, 2.05) is 12.1 Å². The number of benzene rings is 12. The van der Waals surface area contributed by atoms with Gasteiger partial charge in [0.1, 0.15) is 0 Å². The number of nitrogens with zero attached hydrogens (tertiary/aromatic N) is 5. The zero-order chi connectivity index (χ0) is 89.1. The van der Waals surface area contributed by atoms with Crippen LogP contribution in [0, 0.1) is 0 Å². The van der Waals surface area contributed by atoms with E-state index in [0.29, 0.717) is 23.2 Å². The Bertz CT molecular complexity index is 5950. The van der Waals surface area contributed by atoms with Gasteiger partial charge in [-0.25, -0.2) is 0 Å². The molecule has 12 aromatic carbocycles. The van der Waals surface area contributed by atoms with Crippen molar-refractivity contribution in [2.45, 2.75) is 233 Å². The lowest BCUT2D eigenvalue weighted by Crippen LogP contribution is -2.61. The van der Waals surface area contributed by atoms with Gasteiger partial charge in [0.15, 0.2) is 0 Å². The predicted molar refractivity (Wildman–Crippen MR) is 499 cm³/mol. The van der Waals surface area contributed by atoms with Crippen LogP contribution in [-0.4, -0.2) is 13.4 Å². The molecule has 4 heterocycles. The molecule has 115 heavy (non-hydrogen) atoms. The van der Waals surface area contributed by atoms with Gasteiger partial charge in [0.25, 0.3) is 13.4 Å². The zero-order valence-corrected chi connectivity index (χ0v) is 71.2. The highest BCUT2D eigenvalue weighted by Crippen LogP contribution is 2.52. The Labute approximate surface area is 704 Å². The first-order chi connectivity index (χ1) is 59.0. The SMILES string of the molecule is CC(C)(C)c1ccc(N2c3ccc(C(C)(C)C)cc3B3c4cc(C5CCCCC5)ccc4N(c4ccc(C5CCCCC5)cc4)c4cccc2c43)cc1.[2H]c1c([2H])c([2H])c(N(c2cc3c4c(c2)N(c2ccc(C(C)(C)C)cc2)c2ccc(C(C)(C)C)cc2B4c2cc(C(C)(C)C)ccc2N3c2ccc(C(C)(C)C)cc2)c2c([2H])c([2H])c([2H])c([2H])c2[2H])c([2H])c1[2H]. The van der Waals surface area contributed by atoms with Gasteiger partial charge in [0, 0.05) is 79.6 Å². The normalized spacial score (nSPS) is 16.8. The van der Waals surface area contributed by atoms with Crippen LogP contribution in [0.15, 0.2) is 261 Å². The number of anilines is 15. The highest BCUT2D eigenvalue weighted by atomic mass is 15.2. The molecule has 12 aromatic rings. The van der Waals surface area contributed by atoms with Gasteiger partial charge >= 0.3 is 0 Å². The quantitative estimate of drug-likeness (QED) is 0.134. The monoisotopic (exact) mass is 1520 g/mol. The summed E-state index contributed by atoms with van der Waals surface area (Å²) < 4.78 is 90.4. The van der Waals surface area contributed by atoms with Crippen LogP contribution in [0.1, 0.15) is 259 Å². The Hall–Kier alpha value is -10.2. The average molecular weight is 1520 g/mol. The minimum absolute atomic E-state index is 0.0432. The topological polar surface area (TPSA) is 16.2 Å². The second-order valence-corrected chi connectivity index (χ2v) is 39.6. The Morgan fingerprint density at radius 3 is 0.887 bits per heavy atom. The summed E-state index contributed by atoms with van der Waals surface area (Å²) in [7, 11) is 0. The molecule has 0 unspecified atom stereocenters. The van der Waals surface area contributed by atoms with Crippen molar-refractivity contribution in [3.8, 4) is 0 Å². The smallest absolute Gasteiger partial charge is 0.252 e. The van der Waals surface area contributed by atoms with Gasteiger partial charge in [-0.3, -0.25) is 0 Å². The van der Waals surface area contributed by atoms with Crippen molar-refractivity contribution in [2.75, 3.05) is 24.5 Å². The standard InChI is InChI=1S/C58H62BN3.C50H57BN2/c1-55(2,3)39-23-29-45(30-24-39)61-50-33-27-41(57(7,8)9)35-48(50)59-49-36-42(58(10,11)12)28-34-51(49)62(46-31-25-40(26-32-46)56(4,5)6)53-38-47(37-52(61)54(53)59)60(43-19-15-13-16-20-43)44-21-17-14-18-22-44;1-49(2,3)38-23-28-41(29-24-38)53-45-31-25-39(50(4,5)6)33-43(45)51-42-32-37(35-16-11-8-12-17-35)22-30-44(42)52(46-18-13-19-47(53)48(46)51)40-26-20-36(21-27-40)34-14-9-7-10-15-34/h13-38H,1-12H3;13,18-35H,7-12,14-17H2,1-6H3/i13D,14D,15D,16D,17D,18D,19D,20D,21D,22D;. The van der Waals surface area contributed by atoms with Crippen LogP contribution in [0.3, 0.4) is 0 Å². The van der Waals surface area contributed by atoms with Crippen LogP contribution in [0.25, 0.3) is 0 Å². The summed E-state index contributed by atoms with van der Waals surface area (Å²) in [6, 6.07) is 69.1. The summed E-state index contributed by atoms with van der Waals surface area (Å²) in [6.45, 7) is 40.1. The minimum Gasteiger partial charge on any atom is -0.311 e. The van der Waals surface area contributed by atoms with E-state index >= 15 is 0 Å². The summed E-state index contributed by atoms with van der Waals surface area (Å²) in [5.74, 6) is 1.35. The van der Waals surface area contributed by atoms with Crippen molar-refractivity contribution in [1.29, 1.82) is 0 Å². The minimum atomic E-state index is -0.629. The summed E-state index contributed by atoms with van der Waals surface area (Å²) in [5.41, 5.74) is 29.4. The number of para-hydroxylation sites is 2. The molecule has 0 atom stereocenters. The lowest BCUT2D eigenvalue weighted by molar-refractivity contribution is 0.443. The first-order valence-corrected chi connectivity index (χ1v) is 42.4. The van der Waals surface area contributed by atoms with Crippen molar-refractivity contribution in [2.24, 2.45) is 0 Å². The molecule has 2 fully saturated rings. The molecule has 0 aromatic heterocycles. The molecule has 2 aliphatic carbocycles. The number of fused-ring (bicyclic) bond motifs is 8. The highest BCUT2D eigenvalue weighted by molar-refractivity contribution is 7.01. The number of rotatable bonds is 9.